The molecular weight excluding hydrogens is 430 g/mol. The van der Waals surface area contributed by atoms with E-state index in [-0.39, 0.29) is 12.0 Å². The highest BCUT2D eigenvalue weighted by Crippen LogP contribution is 2.16. The number of ether oxygens (including phenoxy) is 3. The maximum atomic E-state index is 13.3. The molecule has 2 aliphatic rings. The van der Waals surface area contributed by atoms with Gasteiger partial charge in [0.15, 0.2) is 0 Å². The molecular formula is C27H37N3O4. The van der Waals surface area contributed by atoms with Crippen LogP contribution in [-0.2, 0) is 27.2 Å². The number of benzene rings is 2. The summed E-state index contributed by atoms with van der Waals surface area (Å²) in [6.07, 6.45) is 0.433. The zero-order chi connectivity index (χ0) is 23.6. The van der Waals surface area contributed by atoms with Crippen molar-refractivity contribution in [2.24, 2.45) is 0 Å². The van der Waals surface area contributed by atoms with E-state index in [2.05, 4.69) is 21.9 Å². The van der Waals surface area contributed by atoms with Crippen LogP contribution in [0, 0.1) is 0 Å². The number of morpholine rings is 2. The topological polar surface area (TPSA) is 54.5 Å². The Labute approximate surface area is 203 Å². The van der Waals surface area contributed by atoms with E-state index in [9.17, 15) is 4.79 Å². The summed E-state index contributed by atoms with van der Waals surface area (Å²) in [7, 11) is 1.69. The molecule has 2 aliphatic heterocycles. The summed E-state index contributed by atoms with van der Waals surface area (Å²) in [6.45, 7) is 8.86. The number of rotatable bonds is 10. The van der Waals surface area contributed by atoms with Crippen molar-refractivity contribution in [3.63, 3.8) is 0 Å². The number of hydrogen-bond acceptors (Lipinski definition) is 6. The van der Waals surface area contributed by atoms with E-state index in [4.69, 9.17) is 14.2 Å². The fraction of sp³-hybridized carbons (Fsp3) is 0.519. The molecule has 2 aromatic rings. The first-order valence-electron chi connectivity index (χ1n) is 12.3. The molecule has 34 heavy (non-hydrogen) atoms. The zero-order valence-electron chi connectivity index (χ0n) is 20.2. The monoisotopic (exact) mass is 467 g/mol. The Hall–Kier alpha value is -2.45. The number of methoxy groups -OCH3 is 1. The lowest BCUT2D eigenvalue weighted by Crippen LogP contribution is -2.50. The Morgan fingerprint density at radius 1 is 0.971 bits per heavy atom. The molecule has 7 heteroatoms. The van der Waals surface area contributed by atoms with Crippen LogP contribution in [0.4, 0.5) is 0 Å². The van der Waals surface area contributed by atoms with Gasteiger partial charge in [0.1, 0.15) is 5.75 Å². The molecule has 1 atom stereocenters. The van der Waals surface area contributed by atoms with Gasteiger partial charge in [0, 0.05) is 52.4 Å². The van der Waals surface area contributed by atoms with E-state index in [0.717, 1.165) is 63.8 Å². The molecule has 0 aromatic heterocycles. The minimum Gasteiger partial charge on any atom is -0.497 e. The lowest BCUT2D eigenvalue weighted by atomic mass is 10.1. The molecule has 2 fully saturated rings. The molecule has 4 rings (SSSR count). The third-order valence-corrected chi connectivity index (χ3v) is 6.55. The van der Waals surface area contributed by atoms with Crippen LogP contribution in [0.25, 0.3) is 0 Å². The van der Waals surface area contributed by atoms with Crippen molar-refractivity contribution in [3.8, 4) is 5.75 Å². The number of carbonyl (C=O) groups excluding carboxylic acids is 1. The SMILES string of the molecule is COc1ccc(CN2CCO[C@H](CN(CCN3CCOCC3)C(=O)Cc3ccccc3)C2)cc1. The average Bonchev–Trinajstić information content (AvgIpc) is 2.88. The van der Waals surface area contributed by atoms with Crippen molar-refractivity contribution in [3.05, 3.63) is 65.7 Å². The molecule has 2 saturated heterocycles. The van der Waals surface area contributed by atoms with Crippen molar-refractivity contribution in [2.75, 3.05) is 72.7 Å². The minimum absolute atomic E-state index is 0.0106. The number of carbonyl (C=O) groups is 1. The van der Waals surface area contributed by atoms with Gasteiger partial charge in [0.2, 0.25) is 5.91 Å². The van der Waals surface area contributed by atoms with Gasteiger partial charge in [-0.15, -0.1) is 0 Å². The molecule has 1 amide bonds. The van der Waals surface area contributed by atoms with E-state index in [1.165, 1.54) is 5.56 Å². The van der Waals surface area contributed by atoms with Crippen LogP contribution in [0.1, 0.15) is 11.1 Å². The van der Waals surface area contributed by atoms with E-state index >= 15 is 0 Å². The third-order valence-electron chi connectivity index (χ3n) is 6.55. The first kappa shape index (κ1) is 24.7. The molecule has 184 valence electrons. The van der Waals surface area contributed by atoms with Crippen LogP contribution in [-0.4, -0.2) is 99.5 Å². The van der Waals surface area contributed by atoms with Gasteiger partial charge in [0.25, 0.3) is 0 Å². The predicted molar refractivity (Wildman–Crippen MR) is 132 cm³/mol. The molecule has 0 unspecified atom stereocenters. The quantitative estimate of drug-likeness (QED) is 0.535. The summed E-state index contributed by atoms with van der Waals surface area (Å²) in [5.41, 5.74) is 2.31. The van der Waals surface area contributed by atoms with Gasteiger partial charge in [-0.1, -0.05) is 42.5 Å². The molecule has 0 aliphatic carbocycles. The van der Waals surface area contributed by atoms with Crippen molar-refractivity contribution in [2.45, 2.75) is 19.1 Å². The van der Waals surface area contributed by atoms with Gasteiger partial charge in [-0.2, -0.15) is 0 Å². The summed E-state index contributed by atoms with van der Waals surface area (Å²) >= 11 is 0. The molecule has 0 spiro atoms. The Balaban J connectivity index is 1.35. The Bertz CT molecular complexity index is 871. The third kappa shape index (κ3) is 7.53. The molecule has 2 aromatic carbocycles. The maximum Gasteiger partial charge on any atom is 0.227 e. The highest BCUT2D eigenvalue weighted by molar-refractivity contribution is 5.78. The standard InChI is InChI=1S/C27H37N3O4/c1-32-25-9-7-24(8-10-25)20-29-15-18-34-26(21-29)22-30(12-11-28-13-16-33-17-14-28)27(31)19-23-5-3-2-4-6-23/h2-10,26H,11-22H2,1H3/t26-/m0/s1. The van der Waals surface area contributed by atoms with E-state index in [1.54, 1.807) is 7.11 Å². The first-order chi connectivity index (χ1) is 16.7. The second kappa shape index (κ2) is 12.9. The number of nitrogens with zero attached hydrogens (tertiary/aromatic N) is 3. The summed E-state index contributed by atoms with van der Waals surface area (Å²) in [6, 6.07) is 18.2. The van der Waals surface area contributed by atoms with Gasteiger partial charge in [-0.25, -0.2) is 0 Å². The number of amides is 1. The average molecular weight is 468 g/mol. The largest absolute Gasteiger partial charge is 0.497 e. The Morgan fingerprint density at radius 3 is 2.44 bits per heavy atom. The molecule has 0 bridgehead atoms. The van der Waals surface area contributed by atoms with E-state index in [1.807, 2.05) is 47.4 Å². The van der Waals surface area contributed by atoms with Gasteiger partial charge in [-0.3, -0.25) is 14.6 Å². The van der Waals surface area contributed by atoms with Gasteiger partial charge in [-0.05, 0) is 23.3 Å². The minimum atomic E-state index is 0.0106. The second-order valence-corrected chi connectivity index (χ2v) is 9.03. The van der Waals surface area contributed by atoms with Crippen molar-refractivity contribution < 1.29 is 19.0 Å². The Morgan fingerprint density at radius 2 is 1.71 bits per heavy atom. The molecule has 0 radical (unpaired) electrons. The number of hydrogen-bond donors (Lipinski definition) is 0. The van der Waals surface area contributed by atoms with Crippen LogP contribution in [0.5, 0.6) is 5.75 Å². The molecule has 7 nitrogen and oxygen atoms in total. The van der Waals surface area contributed by atoms with E-state index in [0.29, 0.717) is 26.1 Å². The van der Waals surface area contributed by atoms with Crippen LogP contribution in [0.15, 0.2) is 54.6 Å². The van der Waals surface area contributed by atoms with Gasteiger partial charge >= 0.3 is 0 Å². The van der Waals surface area contributed by atoms with E-state index < -0.39 is 0 Å². The highest BCUT2D eigenvalue weighted by Gasteiger charge is 2.26. The van der Waals surface area contributed by atoms with Gasteiger partial charge in [0.05, 0.1) is 39.5 Å². The van der Waals surface area contributed by atoms with Crippen molar-refractivity contribution >= 4 is 5.91 Å². The maximum absolute atomic E-state index is 13.3. The Kier molecular flexibility index (Phi) is 9.33. The lowest BCUT2D eigenvalue weighted by Gasteiger charge is -2.37. The van der Waals surface area contributed by atoms with Crippen molar-refractivity contribution in [1.29, 1.82) is 0 Å². The van der Waals surface area contributed by atoms with Crippen LogP contribution >= 0.6 is 0 Å². The van der Waals surface area contributed by atoms with Crippen molar-refractivity contribution in [1.82, 2.24) is 14.7 Å². The summed E-state index contributed by atoms with van der Waals surface area (Å²) in [4.78, 5) is 20.1. The van der Waals surface area contributed by atoms with Gasteiger partial charge < -0.3 is 19.1 Å². The summed E-state index contributed by atoms with van der Waals surface area (Å²) in [5.74, 6) is 1.03. The molecule has 2 heterocycles. The van der Waals surface area contributed by atoms with Crippen LogP contribution in [0.3, 0.4) is 0 Å². The fourth-order valence-electron chi connectivity index (χ4n) is 4.56. The van der Waals surface area contributed by atoms with Crippen LogP contribution < -0.4 is 4.74 Å². The smallest absolute Gasteiger partial charge is 0.227 e. The predicted octanol–water partition coefficient (Wildman–Crippen LogP) is 2.30. The lowest BCUT2D eigenvalue weighted by molar-refractivity contribution is -0.134. The summed E-state index contributed by atoms with van der Waals surface area (Å²) in [5, 5.41) is 0. The normalized spacial score (nSPS) is 19.6. The zero-order valence-corrected chi connectivity index (χ0v) is 20.2. The highest BCUT2D eigenvalue weighted by atomic mass is 16.5. The first-order valence-corrected chi connectivity index (χ1v) is 12.3. The second-order valence-electron chi connectivity index (χ2n) is 9.03. The molecule has 0 saturated carbocycles. The fourth-order valence-corrected chi connectivity index (χ4v) is 4.56. The molecule has 0 N–H and O–H groups in total. The summed E-state index contributed by atoms with van der Waals surface area (Å²) < 4.78 is 16.9. The van der Waals surface area contributed by atoms with Crippen LogP contribution in [0.2, 0.25) is 0 Å².